The van der Waals surface area contributed by atoms with Gasteiger partial charge in [-0.25, -0.2) is 0 Å². The molecule has 5 heteroatoms. The van der Waals surface area contributed by atoms with Gasteiger partial charge in [-0.05, 0) is 31.6 Å². The first kappa shape index (κ1) is 13.7. The third-order valence-electron chi connectivity index (χ3n) is 4.37. The lowest BCUT2D eigenvalue weighted by Gasteiger charge is -2.46. The van der Waals surface area contributed by atoms with Crippen molar-refractivity contribution in [2.24, 2.45) is 5.92 Å². The minimum atomic E-state index is -4.29. The Labute approximate surface area is 106 Å². The summed E-state index contributed by atoms with van der Waals surface area (Å²) in [6.45, 7) is 2.30. The van der Waals surface area contributed by atoms with Gasteiger partial charge in [-0.2, -0.15) is 13.2 Å². The minimum Gasteiger partial charge on any atom is -0.328 e. The van der Waals surface area contributed by atoms with Gasteiger partial charge in [0.15, 0.2) is 0 Å². The second-order valence-corrected chi connectivity index (χ2v) is 5.59. The smallest absolute Gasteiger partial charge is 0.328 e. The number of carbonyl (C=O) groups excluding carboxylic acids is 1. The number of halogens is 3. The fraction of sp³-hybridized carbons (Fsp3) is 0.923. The van der Waals surface area contributed by atoms with Gasteiger partial charge < -0.3 is 4.90 Å². The molecule has 2 aliphatic rings. The number of amides is 1. The normalized spacial score (nSPS) is 32.8. The average molecular weight is 263 g/mol. The molecule has 0 aromatic rings. The van der Waals surface area contributed by atoms with Crippen LogP contribution in [0.4, 0.5) is 13.2 Å². The van der Waals surface area contributed by atoms with Crippen LogP contribution in [0.1, 0.15) is 51.9 Å². The van der Waals surface area contributed by atoms with Crippen LogP contribution in [-0.4, -0.2) is 29.1 Å². The molecule has 0 aliphatic carbocycles. The van der Waals surface area contributed by atoms with E-state index in [1.807, 2.05) is 6.92 Å². The molecular formula is C13H20F3NO. The van der Waals surface area contributed by atoms with Crippen molar-refractivity contribution in [3.63, 3.8) is 0 Å². The molecule has 1 amide bonds. The fourth-order valence-electron chi connectivity index (χ4n) is 3.47. The molecule has 104 valence electrons. The van der Waals surface area contributed by atoms with Crippen LogP contribution in [0.25, 0.3) is 0 Å². The Bertz CT molecular complexity index is 329. The highest BCUT2D eigenvalue weighted by molar-refractivity contribution is 5.79. The molecule has 0 spiro atoms. The van der Waals surface area contributed by atoms with Crippen LogP contribution in [0.5, 0.6) is 0 Å². The van der Waals surface area contributed by atoms with E-state index in [-0.39, 0.29) is 31.2 Å². The summed E-state index contributed by atoms with van der Waals surface area (Å²) in [6, 6.07) is 0. The van der Waals surface area contributed by atoms with E-state index in [2.05, 4.69) is 0 Å². The molecule has 2 saturated heterocycles. The Morgan fingerprint density at radius 1 is 1.44 bits per heavy atom. The Hall–Kier alpha value is -0.740. The van der Waals surface area contributed by atoms with Gasteiger partial charge in [0.1, 0.15) is 5.54 Å². The lowest BCUT2D eigenvalue weighted by Crippen LogP contribution is -2.61. The SMILES string of the molecule is CCCC[C@@H]1CC(=O)N2CCC[C@]2(C(F)(F)F)C1. The molecule has 0 saturated carbocycles. The molecule has 2 fully saturated rings. The second-order valence-electron chi connectivity index (χ2n) is 5.59. The van der Waals surface area contributed by atoms with Crippen LogP contribution in [-0.2, 0) is 4.79 Å². The van der Waals surface area contributed by atoms with Crippen LogP contribution in [0.3, 0.4) is 0 Å². The largest absolute Gasteiger partial charge is 0.411 e. The maximum atomic E-state index is 13.4. The van der Waals surface area contributed by atoms with E-state index >= 15 is 0 Å². The zero-order valence-electron chi connectivity index (χ0n) is 10.7. The third-order valence-corrected chi connectivity index (χ3v) is 4.37. The maximum absolute atomic E-state index is 13.4. The summed E-state index contributed by atoms with van der Waals surface area (Å²) in [4.78, 5) is 13.0. The van der Waals surface area contributed by atoms with Gasteiger partial charge in [0.25, 0.3) is 0 Å². The van der Waals surface area contributed by atoms with Crippen LogP contribution in [0.15, 0.2) is 0 Å². The van der Waals surface area contributed by atoms with E-state index in [1.165, 1.54) is 0 Å². The van der Waals surface area contributed by atoms with Crippen molar-refractivity contribution in [3.8, 4) is 0 Å². The number of piperidine rings is 1. The predicted octanol–water partition coefficient (Wildman–Crippen LogP) is 3.51. The number of rotatable bonds is 3. The summed E-state index contributed by atoms with van der Waals surface area (Å²) in [5, 5.41) is 0. The summed E-state index contributed by atoms with van der Waals surface area (Å²) < 4.78 is 40.1. The van der Waals surface area contributed by atoms with E-state index in [9.17, 15) is 18.0 Å². The summed E-state index contributed by atoms with van der Waals surface area (Å²) in [5.74, 6) is -0.384. The van der Waals surface area contributed by atoms with Crippen molar-refractivity contribution in [3.05, 3.63) is 0 Å². The number of unbranched alkanes of at least 4 members (excludes halogenated alkanes) is 1. The highest BCUT2D eigenvalue weighted by Gasteiger charge is 2.63. The van der Waals surface area contributed by atoms with Crippen molar-refractivity contribution in [2.45, 2.75) is 63.6 Å². The quantitative estimate of drug-likeness (QED) is 0.763. The van der Waals surface area contributed by atoms with Gasteiger partial charge in [-0.1, -0.05) is 19.8 Å². The van der Waals surface area contributed by atoms with Gasteiger partial charge in [-0.15, -0.1) is 0 Å². The molecule has 2 rings (SSSR count). The van der Waals surface area contributed by atoms with Gasteiger partial charge in [-0.3, -0.25) is 4.79 Å². The first-order valence-corrected chi connectivity index (χ1v) is 6.78. The zero-order valence-corrected chi connectivity index (χ0v) is 10.7. The molecule has 18 heavy (non-hydrogen) atoms. The van der Waals surface area contributed by atoms with Crippen LogP contribution >= 0.6 is 0 Å². The lowest BCUT2D eigenvalue weighted by molar-refractivity contribution is -0.235. The second kappa shape index (κ2) is 4.74. The van der Waals surface area contributed by atoms with E-state index in [4.69, 9.17) is 0 Å². The van der Waals surface area contributed by atoms with Crippen LogP contribution in [0, 0.1) is 5.92 Å². The first-order chi connectivity index (χ1) is 8.40. The van der Waals surface area contributed by atoms with Crippen molar-refractivity contribution in [2.75, 3.05) is 6.54 Å². The number of hydrogen-bond donors (Lipinski definition) is 0. The van der Waals surface area contributed by atoms with Gasteiger partial charge >= 0.3 is 6.18 Å². The maximum Gasteiger partial charge on any atom is 0.411 e. The monoisotopic (exact) mass is 263 g/mol. The van der Waals surface area contributed by atoms with E-state index < -0.39 is 11.7 Å². The summed E-state index contributed by atoms with van der Waals surface area (Å²) >= 11 is 0. The Morgan fingerprint density at radius 2 is 2.17 bits per heavy atom. The van der Waals surface area contributed by atoms with E-state index in [0.717, 1.165) is 24.2 Å². The molecule has 2 nitrogen and oxygen atoms in total. The molecule has 0 aromatic heterocycles. The Balaban J connectivity index is 2.20. The summed E-state index contributed by atoms with van der Waals surface area (Å²) in [5.41, 5.74) is -1.85. The molecular weight excluding hydrogens is 243 g/mol. The molecule has 0 unspecified atom stereocenters. The number of nitrogens with zero attached hydrogens (tertiary/aromatic N) is 1. The van der Waals surface area contributed by atoms with E-state index in [0.29, 0.717) is 12.8 Å². The van der Waals surface area contributed by atoms with Crippen LogP contribution in [0.2, 0.25) is 0 Å². The topological polar surface area (TPSA) is 20.3 Å². The molecule has 0 aromatic carbocycles. The number of alkyl halides is 3. The lowest BCUT2D eigenvalue weighted by atomic mass is 9.77. The highest BCUT2D eigenvalue weighted by Crippen LogP contribution is 2.51. The standard InChI is InChI=1S/C13H20F3NO/c1-2-3-5-10-8-11(18)17-7-4-6-12(17,9-10)13(14,15)16/h10H,2-9H2,1H3/t10-,12-/m1/s1. The molecule has 0 radical (unpaired) electrons. The fourth-order valence-corrected chi connectivity index (χ4v) is 3.47. The van der Waals surface area contributed by atoms with Crippen molar-refractivity contribution in [1.82, 2.24) is 4.90 Å². The average Bonchev–Trinajstić information content (AvgIpc) is 2.71. The van der Waals surface area contributed by atoms with Crippen molar-refractivity contribution >= 4 is 5.91 Å². The minimum absolute atomic E-state index is 0.0882. The molecule has 2 atom stereocenters. The van der Waals surface area contributed by atoms with Crippen LogP contribution < -0.4 is 0 Å². The Kier molecular flexibility index (Phi) is 3.60. The summed E-state index contributed by atoms with van der Waals surface area (Å²) in [7, 11) is 0. The molecule has 2 aliphatic heterocycles. The summed E-state index contributed by atoms with van der Waals surface area (Å²) in [6.07, 6.45) is -0.687. The number of carbonyl (C=O) groups is 1. The Morgan fingerprint density at radius 3 is 2.78 bits per heavy atom. The van der Waals surface area contributed by atoms with Crippen molar-refractivity contribution in [1.29, 1.82) is 0 Å². The molecule has 0 bridgehead atoms. The predicted molar refractivity (Wildman–Crippen MR) is 62.0 cm³/mol. The first-order valence-electron chi connectivity index (χ1n) is 6.78. The molecule has 0 N–H and O–H groups in total. The zero-order chi connectivity index (χ0) is 13.4. The highest BCUT2D eigenvalue weighted by atomic mass is 19.4. The number of hydrogen-bond acceptors (Lipinski definition) is 1. The van der Waals surface area contributed by atoms with Gasteiger partial charge in [0.2, 0.25) is 5.91 Å². The third kappa shape index (κ3) is 2.12. The van der Waals surface area contributed by atoms with Crippen molar-refractivity contribution < 1.29 is 18.0 Å². The molecule has 2 heterocycles. The van der Waals surface area contributed by atoms with Gasteiger partial charge in [0, 0.05) is 13.0 Å². The van der Waals surface area contributed by atoms with Gasteiger partial charge in [0.05, 0.1) is 0 Å². The van der Waals surface area contributed by atoms with E-state index in [1.54, 1.807) is 0 Å². The number of fused-ring (bicyclic) bond motifs is 1.